The van der Waals surface area contributed by atoms with Gasteiger partial charge in [0.05, 0.1) is 17.0 Å². The fourth-order valence-electron chi connectivity index (χ4n) is 3.12. The number of nitrogens with one attached hydrogen (secondary N) is 1. The van der Waals surface area contributed by atoms with Crippen LogP contribution in [0.5, 0.6) is 5.75 Å². The van der Waals surface area contributed by atoms with Crippen molar-refractivity contribution in [3.8, 4) is 5.75 Å². The van der Waals surface area contributed by atoms with Crippen LogP contribution in [-0.2, 0) is 9.59 Å². The van der Waals surface area contributed by atoms with Gasteiger partial charge in [0, 0.05) is 18.0 Å². The van der Waals surface area contributed by atoms with Gasteiger partial charge in [0.25, 0.3) is 0 Å². The molecule has 0 aromatic heterocycles. The van der Waals surface area contributed by atoms with Gasteiger partial charge in [0.2, 0.25) is 5.91 Å². The molecule has 0 saturated heterocycles. The smallest absolute Gasteiger partial charge is 0.306 e. The SMILES string of the molecule is O=C(CCCOc1ccc(Cl)cc1Br)NC[C@@H]1CCCC[C@@H]1C(=O)O. The Morgan fingerprint density at radius 1 is 1.32 bits per heavy atom. The highest BCUT2D eigenvalue weighted by molar-refractivity contribution is 9.10. The molecule has 25 heavy (non-hydrogen) atoms. The lowest BCUT2D eigenvalue weighted by molar-refractivity contribution is -0.145. The number of carboxylic acids is 1. The number of ether oxygens (including phenoxy) is 1. The predicted molar refractivity (Wildman–Crippen MR) is 100.0 cm³/mol. The van der Waals surface area contributed by atoms with Crippen LogP contribution in [0.15, 0.2) is 22.7 Å². The van der Waals surface area contributed by atoms with Gasteiger partial charge < -0.3 is 15.2 Å². The molecule has 1 aromatic rings. The number of carboxylic acid groups (broad SMARTS) is 1. The van der Waals surface area contributed by atoms with Crippen LogP contribution in [0.3, 0.4) is 0 Å². The van der Waals surface area contributed by atoms with E-state index >= 15 is 0 Å². The van der Waals surface area contributed by atoms with Crippen LogP contribution in [0.1, 0.15) is 38.5 Å². The molecule has 1 fully saturated rings. The third-order valence-corrected chi connectivity index (χ3v) is 5.34. The Balaban J connectivity index is 1.66. The van der Waals surface area contributed by atoms with Crippen LogP contribution >= 0.6 is 27.5 Å². The molecule has 2 atom stereocenters. The highest BCUT2D eigenvalue weighted by Gasteiger charge is 2.30. The maximum absolute atomic E-state index is 11.9. The number of carbonyl (C=O) groups is 2. The lowest BCUT2D eigenvalue weighted by Crippen LogP contribution is -2.37. The van der Waals surface area contributed by atoms with Crippen molar-refractivity contribution < 1.29 is 19.4 Å². The molecule has 2 N–H and O–H groups in total. The summed E-state index contributed by atoms with van der Waals surface area (Å²) in [6, 6.07) is 5.28. The Hall–Kier alpha value is -1.27. The van der Waals surface area contributed by atoms with Crippen molar-refractivity contribution >= 4 is 39.4 Å². The second-order valence-corrected chi connectivity index (χ2v) is 7.61. The molecular formula is C18H23BrClNO4. The molecular weight excluding hydrogens is 410 g/mol. The first kappa shape index (κ1) is 20.0. The number of benzene rings is 1. The number of amides is 1. The summed E-state index contributed by atoms with van der Waals surface area (Å²) in [5.74, 6) is -0.415. The van der Waals surface area contributed by atoms with Gasteiger partial charge in [-0.15, -0.1) is 0 Å². The minimum absolute atomic E-state index is 0.0384. The second-order valence-electron chi connectivity index (χ2n) is 6.32. The normalized spacial score (nSPS) is 20.1. The predicted octanol–water partition coefficient (Wildman–Crippen LogP) is 4.27. The van der Waals surface area contributed by atoms with Gasteiger partial charge in [0.15, 0.2) is 0 Å². The highest BCUT2D eigenvalue weighted by atomic mass is 79.9. The third-order valence-electron chi connectivity index (χ3n) is 4.49. The Morgan fingerprint density at radius 3 is 2.80 bits per heavy atom. The van der Waals surface area contributed by atoms with Crippen molar-refractivity contribution in [1.29, 1.82) is 0 Å². The van der Waals surface area contributed by atoms with Crippen LogP contribution in [-0.4, -0.2) is 30.1 Å². The van der Waals surface area contributed by atoms with Crippen molar-refractivity contribution in [2.24, 2.45) is 11.8 Å². The summed E-state index contributed by atoms with van der Waals surface area (Å²) in [7, 11) is 0. The van der Waals surface area contributed by atoms with Crippen molar-refractivity contribution in [1.82, 2.24) is 5.32 Å². The average molecular weight is 433 g/mol. The van der Waals surface area contributed by atoms with E-state index in [9.17, 15) is 14.7 Å². The van der Waals surface area contributed by atoms with Crippen LogP contribution in [0.4, 0.5) is 0 Å². The Labute approximate surface area is 161 Å². The van der Waals surface area contributed by atoms with Gasteiger partial charge in [-0.05, 0) is 59.3 Å². The number of carbonyl (C=O) groups excluding carboxylic acids is 1. The van der Waals surface area contributed by atoms with E-state index in [0.29, 0.717) is 43.2 Å². The molecule has 1 saturated carbocycles. The minimum atomic E-state index is -0.749. The summed E-state index contributed by atoms with van der Waals surface area (Å²) in [5.41, 5.74) is 0. The molecule has 0 spiro atoms. The first-order valence-corrected chi connectivity index (χ1v) is 9.72. The number of halogens is 2. The number of rotatable bonds is 8. The third kappa shape index (κ3) is 6.51. The molecule has 1 aromatic carbocycles. The van der Waals surface area contributed by atoms with E-state index in [1.54, 1.807) is 18.2 Å². The molecule has 1 amide bonds. The molecule has 1 aliphatic rings. The molecule has 0 aliphatic heterocycles. The van der Waals surface area contributed by atoms with E-state index in [4.69, 9.17) is 16.3 Å². The van der Waals surface area contributed by atoms with E-state index in [-0.39, 0.29) is 17.7 Å². The molecule has 5 nitrogen and oxygen atoms in total. The molecule has 1 aliphatic carbocycles. The fraction of sp³-hybridized carbons (Fsp3) is 0.556. The van der Waals surface area contributed by atoms with Gasteiger partial charge in [0.1, 0.15) is 5.75 Å². The summed E-state index contributed by atoms with van der Waals surface area (Å²) in [6.07, 6.45) is 4.52. The van der Waals surface area contributed by atoms with Gasteiger partial charge >= 0.3 is 5.97 Å². The largest absolute Gasteiger partial charge is 0.492 e. The van der Waals surface area contributed by atoms with E-state index in [1.165, 1.54) is 0 Å². The first-order chi connectivity index (χ1) is 12.0. The Morgan fingerprint density at radius 2 is 2.08 bits per heavy atom. The van der Waals surface area contributed by atoms with E-state index < -0.39 is 5.97 Å². The van der Waals surface area contributed by atoms with Crippen molar-refractivity contribution in [3.63, 3.8) is 0 Å². The molecule has 0 unspecified atom stereocenters. The molecule has 0 radical (unpaired) electrons. The first-order valence-electron chi connectivity index (χ1n) is 8.54. The zero-order valence-electron chi connectivity index (χ0n) is 14.0. The monoisotopic (exact) mass is 431 g/mol. The summed E-state index contributed by atoms with van der Waals surface area (Å²) in [6.45, 7) is 0.869. The molecule has 0 bridgehead atoms. The second kappa shape index (κ2) is 10.0. The average Bonchev–Trinajstić information content (AvgIpc) is 2.58. The molecule has 138 valence electrons. The standard InChI is InChI=1S/C18H23BrClNO4/c19-15-10-13(20)7-8-16(15)25-9-3-6-17(22)21-11-12-4-1-2-5-14(12)18(23)24/h7-8,10,12,14H,1-6,9,11H2,(H,21,22)(H,23,24)/t12-,14-/m0/s1. The quantitative estimate of drug-likeness (QED) is 0.602. The summed E-state index contributed by atoms with van der Waals surface area (Å²) in [4.78, 5) is 23.2. The number of hydrogen-bond donors (Lipinski definition) is 2. The van der Waals surface area contributed by atoms with Gasteiger partial charge in [-0.2, -0.15) is 0 Å². The van der Waals surface area contributed by atoms with Crippen LogP contribution in [0.2, 0.25) is 5.02 Å². The lowest BCUT2D eigenvalue weighted by atomic mass is 9.79. The molecule has 7 heteroatoms. The van der Waals surface area contributed by atoms with Gasteiger partial charge in [-0.25, -0.2) is 0 Å². The zero-order chi connectivity index (χ0) is 18.2. The van der Waals surface area contributed by atoms with Crippen LogP contribution in [0, 0.1) is 11.8 Å². The summed E-state index contributed by atoms with van der Waals surface area (Å²) >= 11 is 9.25. The topological polar surface area (TPSA) is 75.6 Å². The van der Waals surface area contributed by atoms with Crippen molar-refractivity contribution in [2.45, 2.75) is 38.5 Å². The number of aliphatic carboxylic acids is 1. The van der Waals surface area contributed by atoms with E-state index in [1.807, 2.05) is 0 Å². The van der Waals surface area contributed by atoms with Crippen molar-refractivity contribution in [3.05, 3.63) is 27.7 Å². The van der Waals surface area contributed by atoms with Gasteiger partial charge in [-0.1, -0.05) is 24.4 Å². The number of hydrogen-bond acceptors (Lipinski definition) is 3. The van der Waals surface area contributed by atoms with E-state index in [0.717, 1.165) is 23.7 Å². The maximum Gasteiger partial charge on any atom is 0.306 e. The summed E-state index contributed by atoms with van der Waals surface area (Å²) in [5, 5.41) is 12.7. The molecule has 2 rings (SSSR count). The zero-order valence-corrected chi connectivity index (χ0v) is 16.3. The van der Waals surface area contributed by atoms with E-state index in [2.05, 4.69) is 21.2 Å². The summed E-state index contributed by atoms with van der Waals surface area (Å²) < 4.78 is 6.40. The minimum Gasteiger partial charge on any atom is -0.492 e. The lowest BCUT2D eigenvalue weighted by Gasteiger charge is -2.28. The maximum atomic E-state index is 11.9. The van der Waals surface area contributed by atoms with Crippen LogP contribution in [0.25, 0.3) is 0 Å². The van der Waals surface area contributed by atoms with Crippen LogP contribution < -0.4 is 10.1 Å². The van der Waals surface area contributed by atoms with Crippen molar-refractivity contribution in [2.75, 3.05) is 13.2 Å². The Bertz CT molecular complexity index is 611. The highest BCUT2D eigenvalue weighted by Crippen LogP contribution is 2.30. The van der Waals surface area contributed by atoms with Gasteiger partial charge in [-0.3, -0.25) is 9.59 Å². The molecule has 0 heterocycles. The Kier molecular flexibility index (Phi) is 8.03. The fourth-order valence-corrected chi connectivity index (χ4v) is 3.91.